The Labute approximate surface area is 175 Å². The van der Waals surface area contributed by atoms with Gasteiger partial charge in [-0.3, -0.25) is 4.79 Å². The molecule has 0 saturated carbocycles. The molecule has 0 aliphatic rings. The van der Waals surface area contributed by atoms with Crippen molar-refractivity contribution in [2.75, 3.05) is 5.75 Å². The van der Waals surface area contributed by atoms with Gasteiger partial charge in [0.05, 0.1) is 5.75 Å². The van der Waals surface area contributed by atoms with Gasteiger partial charge in [-0.1, -0.05) is 42.1 Å². The lowest BCUT2D eigenvalue weighted by atomic mass is 10.1. The van der Waals surface area contributed by atoms with Crippen molar-refractivity contribution in [3.8, 4) is 11.4 Å². The lowest BCUT2D eigenvalue weighted by Gasteiger charge is -2.14. The number of halogens is 1. The molecule has 4 nitrogen and oxygen atoms in total. The van der Waals surface area contributed by atoms with Gasteiger partial charge in [0, 0.05) is 17.3 Å². The molecule has 1 aromatic heterocycles. The zero-order valence-electron chi connectivity index (χ0n) is 16.6. The quantitative estimate of drug-likeness (QED) is 0.428. The molecule has 0 radical (unpaired) electrons. The minimum absolute atomic E-state index is 0.0184. The Bertz CT molecular complexity index is 948. The molecule has 2 aromatic carbocycles. The van der Waals surface area contributed by atoms with Crippen LogP contribution in [0.2, 0.25) is 0 Å². The summed E-state index contributed by atoms with van der Waals surface area (Å²) in [6.45, 7) is 3.90. The zero-order valence-corrected chi connectivity index (χ0v) is 17.4. The highest BCUT2D eigenvalue weighted by atomic mass is 32.2. The van der Waals surface area contributed by atoms with Crippen molar-refractivity contribution < 1.29 is 9.18 Å². The molecule has 3 rings (SSSR count). The Morgan fingerprint density at radius 2 is 1.83 bits per heavy atom. The first-order chi connectivity index (χ1) is 14.0. The van der Waals surface area contributed by atoms with E-state index in [9.17, 15) is 9.18 Å². The highest BCUT2D eigenvalue weighted by Crippen LogP contribution is 2.22. The van der Waals surface area contributed by atoms with Crippen LogP contribution >= 0.6 is 11.8 Å². The summed E-state index contributed by atoms with van der Waals surface area (Å²) in [6, 6.07) is 18.3. The van der Waals surface area contributed by atoms with Crippen molar-refractivity contribution >= 4 is 17.7 Å². The fourth-order valence-electron chi connectivity index (χ4n) is 2.90. The van der Waals surface area contributed by atoms with E-state index in [0.717, 1.165) is 29.1 Å². The fraction of sp³-hybridized carbons (Fsp3) is 0.261. The van der Waals surface area contributed by atoms with Crippen LogP contribution < -0.4 is 5.32 Å². The second-order valence-electron chi connectivity index (χ2n) is 6.96. The highest BCUT2D eigenvalue weighted by Gasteiger charge is 2.11. The lowest BCUT2D eigenvalue weighted by molar-refractivity contribution is -0.119. The summed E-state index contributed by atoms with van der Waals surface area (Å²) in [5.41, 5.74) is 2.82. The van der Waals surface area contributed by atoms with Crippen molar-refractivity contribution in [2.24, 2.45) is 0 Å². The maximum atomic E-state index is 13.1. The van der Waals surface area contributed by atoms with Gasteiger partial charge in [0.2, 0.25) is 5.91 Å². The van der Waals surface area contributed by atoms with Crippen LogP contribution in [0.15, 0.2) is 65.7 Å². The molecule has 1 heterocycles. The van der Waals surface area contributed by atoms with Crippen molar-refractivity contribution in [1.82, 2.24) is 15.3 Å². The van der Waals surface area contributed by atoms with E-state index in [0.29, 0.717) is 5.82 Å². The Kier molecular flexibility index (Phi) is 7.36. The van der Waals surface area contributed by atoms with Crippen LogP contribution in [0.4, 0.5) is 4.39 Å². The van der Waals surface area contributed by atoms with Crippen LogP contribution in [-0.2, 0) is 11.2 Å². The number of amides is 1. The van der Waals surface area contributed by atoms with Crippen LogP contribution in [-0.4, -0.2) is 27.7 Å². The van der Waals surface area contributed by atoms with E-state index in [-0.39, 0.29) is 23.5 Å². The Balaban J connectivity index is 1.52. The number of hydrogen-bond donors (Lipinski definition) is 1. The van der Waals surface area contributed by atoms with Crippen LogP contribution in [0.3, 0.4) is 0 Å². The van der Waals surface area contributed by atoms with Gasteiger partial charge in [-0.15, -0.1) is 0 Å². The predicted molar refractivity (Wildman–Crippen MR) is 115 cm³/mol. The van der Waals surface area contributed by atoms with Gasteiger partial charge in [-0.25, -0.2) is 14.4 Å². The van der Waals surface area contributed by atoms with E-state index in [1.165, 1.54) is 29.5 Å². The minimum Gasteiger partial charge on any atom is -0.353 e. The monoisotopic (exact) mass is 409 g/mol. The standard InChI is InChI=1S/C23H24FN3OS/c1-16(8-9-18-6-4-3-5-7-18)25-21(28)15-29-22-14-17(2)26-23(27-22)19-10-12-20(24)13-11-19/h3-7,10-14,16H,8-9,15H2,1-2H3,(H,25,28). The molecule has 0 spiro atoms. The second-order valence-corrected chi connectivity index (χ2v) is 7.96. The molecule has 1 atom stereocenters. The molecule has 0 fully saturated rings. The van der Waals surface area contributed by atoms with Crippen LogP contribution in [0, 0.1) is 12.7 Å². The largest absolute Gasteiger partial charge is 0.353 e. The van der Waals surface area contributed by atoms with E-state index in [1.807, 2.05) is 38.1 Å². The highest BCUT2D eigenvalue weighted by molar-refractivity contribution is 7.99. The second kappa shape index (κ2) is 10.2. The SMILES string of the molecule is Cc1cc(SCC(=O)NC(C)CCc2ccccc2)nc(-c2ccc(F)cc2)n1. The summed E-state index contributed by atoms with van der Waals surface area (Å²) < 4.78 is 13.1. The number of carbonyl (C=O) groups is 1. The molecule has 0 aliphatic heterocycles. The van der Waals surface area contributed by atoms with Crippen LogP contribution in [0.5, 0.6) is 0 Å². The molecule has 0 bridgehead atoms. The Morgan fingerprint density at radius 3 is 2.55 bits per heavy atom. The number of benzene rings is 2. The van der Waals surface area contributed by atoms with Gasteiger partial charge in [0.15, 0.2) is 5.82 Å². The number of aromatic nitrogens is 2. The molecule has 0 saturated heterocycles. The topological polar surface area (TPSA) is 54.9 Å². The maximum Gasteiger partial charge on any atom is 0.230 e. The zero-order chi connectivity index (χ0) is 20.6. The van der Waals surface area contributed by atoms with Gasteiger partial charge in [0.25, 0.3) is 0 Å². The third kappa shape index (κ3) is 6.68. The van der Waals surface area contributed by atoms with Crippen LogP contribution in [0.1, 0.15) is 24.6 Å². The number of rotatable bonds is 8. The average Bonchev–Trinajstić information content (AvgIpc) is 2.72. The number of nitrogens with zero attached hydrogens (tertiary/aromatic N) is 2. The molecule has 1 N–H and O–H groups in total. The molecular weight excluding hydrogens is 385 g/mol. The molecule has 3 aromatic rings. The summed E-state index contributed by atoms with van der Waals surface area (Å²) in [7, 11) is 0. The minimum atomic E-state index is -0.297. The summed E-state index contributed by atoms with van der Waals surface area (Å²) >= 11 is 1.37. The van der Waals surface area contributed by atoms with E-state index in [4.69, 9.17) is 0 Å². The summed E-state index contributed by atoms with van der Waals surface area (Å²) in [6.07, 6.45) is 1.82. The van der Waals surface area contributed by atoms with Gasteiger partial charge in [-0.2, -0.15) is 0 Å². The Morgan fingerprint density at radius 1 is 1.10 bits per heavy atom. The molecule has 29 heavy (non-hydrogen) atoms. The van der Waals surface area contributed by atoms with Crippen molar-refractivity contribution in [3.63, 3.8) is 0 Å². The first kappa shape index (κ1) is 21.0. The summed E-state index contributed by atoms with van der Waals surface area (Å²) in [5.74, 6) is 0.503. The van der Waals surface area contributed by atoms with Crippen molar-refractivity contribution in [1.29, 1.82) is 0 Å². The first-order valence-corrected chi connectivity index (χ1v) is 10.6. The van der Waals surface area contributed by atoms with E-state index in [2.05, 4.69) is 27.4 Å². The average molecular weight is 410 g/mol. The van der Waals surface area contributed by atoms with E-state index in [1.54, 1.807) is 12.1 Å². The van der Waals surface area contributed by atoms with Crippen molar-refractivity contribution in [3.05, 3.63) is 77.7 Å². The normalized spacial score (nSPS) is 11.8. The molecule has 1 amide bonds. The number of nitrogens with one attached hydrogen (secondary N) is 1. The fourth-order valence-corrected chi connectivity index (χ4v) is 3.66. The number of hydrogen-bond acceptors (Lipinski definition) is 4. The number of carbonyl (C=O) groups excluding carboxylic acids is 1. The van der Waals surface area contributed by atoms with Gasteiger partial charge in [-0.05, 0) is 62.6 Å². The lowest BCUT2D eigenvalue weighted by Crippen LogP contribution is -2.34. The Hall–Kier alpha value is -2.73. The van der Waals surface area contributed by atoms with Crippen LogP contribution in [0.25, 0.3) is 11.4 Å². The van der Waals surface area contributed by atoms with Gasteiger partial charge in [0.1, 0.15) is 10.8 Å². The van der Waals surface area contributed by atoms with Gasteiger partial charge >= 0.3 is 0 Å². The third-order valence-corrected chi connectivity index (χ3v) is 5.31. The molecular formula is C23H24FN3OS. The van der Waals surface area contributed by atoms with Gasteiger partial charge < -0.3 is 5.32 Å². The third-order valence-electron chi connectivity index (χ3n) is 4.40. The first-order valence-electron chi connectivity index (χ1n) is 9.57. The molecule has 0 aliphatic carbocycles. The van der Waals surface area contributed by atoms with Crippen molar-refractivity contribution in [2.45, 2.75) is 37.8 Å². The summed E-state index contributed by atoms with van der Waals surface area (Å²) in [4.78, 5) is 21.2. The molecule has 6 heteroatoms. The number of aryl methyl sites for hydroxylation is 2. The molecule has 1 unspecified atom stereocenters. The van der Waals surface area contributed by atoms with E-state index < -0.39 is 0 Å². The maximum absolute atomic E-state index is 13.1. The number of thioether (sulfide) groups is 1. The summed E-state index contributed by atoms with van der Waals surface area (Å²) in [5, 5.41) is 3.77. The smallest absolute Gasteiger partial charge is 0.230 e. The molecule has 150 valence electrons. The van der Waals surface area contributed by atoms with E-state index >= 15 is 0 Å². The predicted octanol–water partition coefficient (Wildman–Crippen LogP) is 4.82.